The number of nitro groups is 3. The van der Waals surface area contributed by atoms with Crippen LogP contribution in [-0.2, 0) is 9.84 Å². The Balaban J connectivity index is 1.86. The van der Waals surface area contributed by atoms with Gasteiger partial charge in [-0.25, -0.2) is 13.4 Å². The third kappa shape index (κ3) is 4.40. The third-order valence-corrected chi connectivity index (χ3v) is 7.10. The van der Waals surface area contributed by atoms with Crippen LogP contribution >= 0.6 is 11.3 Å². The molecule has 2 aromatic carbocycles. The molecule has 0 aliphatic heterocycles. The molecule has 32 heavy (non-hydrogen) atoms. The summed E-state index contributed by atoms with van der Waals surface area (Å²) >= 11 is 0.547. The minimum Gasteiger partial charge on any atom is -0.298 e. The second-order valence-electron chi connectivity index (χ2n) is 5.91. The Morgan fingerprint density at radius 3 is 2.06 bits per heavy atom. The Bertz CT molecular complexity index is 1370. The van der Waals surface area contributed by atoms with Crippen molar-refractivity contribution in [2.75, 3.05) is 5.32 Å². The van der Waals surface area contributed by atoms with Crippen LogP contribution in [0.3, 0.4) is 0 Å². The van der Waals surface area contributed by atoms with Gasteiger partial charge in [0, 0.05) is 18.2 Å². The summed E-state index contributed by atoms with van der Waals surface area (Å²) in [4.78, 5) is 46.1. The Hall–Kier alpha value is -4.31. The van der Waals surface area contributed by atoms with E-state index in [9.17, 15) is 43.6 Å². The molecule has 16 heteroatoms. The molecule has 1 amide bonds. The first-order chi connectivity index (χ1) is 15.0. The van der Waals surface area contributed by atoms with Gasteiger partial charge in [-0.05, 0) is 18.2 Å². The largest absolute Gasteiger partial charge is 0.298 e. The number of carbonyl (C=O) groups is 1. The molecule has 0 aliphatic carbocycles. The van der Waals surface area contributed by atoms with Gasteiger partial charge < -0.3 is 0 Å². The molecule has 1 heterocycles. The molecule has 0 saturated carbocycles. The van der Waals surface area contributed by atoms with Gasteiger partial charge in [0.25, 0.3) is 23.0 Å². The van der Waals surface area contributed by atoms with Crippen molar-refractivity contribution in [1.29, 1.82) is 0 Å². The highest BCUT2D eigenvalue weighted by Crippen LogP contribution is 2.31. The zero-order valence-corrected chi connectivity index (χ0v) is 17.0. The number of hydrogen-bond donors (Lipinski definition) is 1. The standard InChI is InChI=1S/C16H9N5O9S2/c22-15(12-6-3-10(20(25)26)7-13(12)21(27)28)18-16-17-8-14(31-16)32(29,30)11-4-1-9(2-5-11)19(23)24/h1-8H,(H,17,18,22). The van der Waals surface area contributed by atoms with Crippen LogP contribution in [0.15, 0.2) is 57.8 Å². The molecule has 0 bridgehead atoms. The van der Waals surface area contributed by atoms with E-state index in [4.69, 9.17) is 0 Å². The summed E-state index contributed by atoms with van der Waals surface area (Å²) in [6.07, 6.45) is 0.946. The second-order valence-corrected chi connectivity index (χ2v) is 9.12. The van der Waals surface area contributed by atoms with Crippen molar-refractivity contribution in [3.8, 4) is 0 Å². The molecule has 0 aliphatic rings. The minimum absolute atomic E-state index is 0.205. The number of amides is 1. The van der Waals surface area contributed by atoms with Crippen molar-refractivity contribution in [2.45, 2.75) is 9.10 Å². The number of sulfone groups is 1. The fourth-order valence-corrected chi connectivity index (χ4v) is 4.87. The molecule has 0 atom stereocenters. The molecule has 0 radical (unpaired) electrons. The highest BCUT2D eigenvalue weighted by Gasteiger charge is 2.26. The van der Waals surface area contributed by atoms with Crippen LogP contribution in [-0.4, -0.2) is 34.1 Å². The van der Waals surface area contributed by atoms with Gasteiger partial charge in [-0.1, -0.05) is 11.3 Å². The van der Waals surface area contributed by atoms with E-state index >= 15 is 0 Å². The topological polar surface area (TPSA) is 206 Å². The Morgan fingerprint density at radius 2 is 1.50 bits per heavy atom. The fourth-order valence-electron chi connectivity index (χ4n) is 2.45. The molecule has 0 unspecified atom stereocenters. The van der Waals surface area contributed by atoms with E-state index < -0.39 is 47.5 Å². The molecule has 3 rings (SSSR count). The lowest BCUT2D eigenvalue weighted by molar-refractivity contribution is -0.394. The van der Waals surface area contributed by atoms with Gasteiger partial charge in [0.2, 0.25) is 9.84 Å². The minimum atomic E-state index is -4.10. The van der Waals surface area contributed by atoms with Crippen molar-refractivity contribution < 1.29 is 28.0 Å². The first-order valence-corrected chi connectivity index (χ1v) is 10.5. The molecule has 0 spiro atoms. The van der Waals surface area contributed by atoms with E-state index in [1.807, 2.05) is 0 Å². The van der Waals surface area contributed by atoms with Crippen molar-refractivity contribution in [3.63, 3.8) is 0 Å². The zero-order chi connectivity index (χ0) is 23.6. The molecule has 1 aromatic heterocycles. The summed E-state index contributed by atoms with van der Waals surface area (Å²) in [7, 11) is -4.10. The van der Waals surface area contributed by atoms with Crippen LogP contribution in [0.5, 0.6) is 0 Å². The quantitative estimate of drug-likeness (QED) is 0.387. The summed E-state index contributed by atoms with van der Waals surface area (Å²) in [6, 6.07) is 6.56. The first-order valence-electron chi connectivity index (χ1n) is 8.20. The third-order valence-electron chi connectivity index (χ3n) is 3.96. The lowest BCUT2D eigenvalue weighted by Gasteiger charge is -2.03. The molecule has 0 fully saturated rings. The molecule has 1 N–H and O–H groups in total. The van der Waals surface area contributed by atoms with Crippen molar-refractivity contribution in [2.24, 2.45) is 0 Å². The van der Waals surface area contributed by atoms with Crippen molar-refractivity contribution >= 4 is 49.3 Å². The van der Waals surface area contributed by atoms with Gasteiger partial charge in [-0.2, -0.15) is 0 Å². The van der Waals surface area contributed by atoms with Gasteiger partial charge in [0.1, 0.15) is 9.77 Å². The average Bonchev–Trinajstić information content (AvgIpc) is 3.22. The van der Waals surface area contributed by atoms with Gasteiger partial charge in [0.05, 0.1) is 31.9 Å². The molecule has 14 nitrogen and oxygen atoms in total. The molecule has 0 saturated heterocycles. The fraction of sp³-hybridized carbons (Fsp3) is 0. The van der Waals surface area contributed by atoms with E-state index in [0.29, 0.717) is 17.4 Å². The normalized spacial score (nSPS) is 11.0. The number of nitrogens with zero attached hydrogens (tertiary/aromatic N) is 4. The Labute approximate surface area is 181 Å². The van der Waals surface area contributed by atoms with E-state index in [1.165, 1.54) is 0 Å². The number of aromatic nitrogens is 1. The molecule has 164 valence electrons. The van der Waals surface area contributed by atoms with E-state index in [-0.39, 0.29) is 19.9 Å². The number of hydrogen-bond acceptors (Lipinski definition) is 11. The van der Waals surface area contributed by atoms with Gasteiger partial charge in [-0.3, -0.25) is 40.5 Å². The van der Waals surface area contributed by atoms with Crippen LogP contribution in [0.4, 0.5) is 22.2 Å². The van der Waals surface area contributed by atoms with Gasteiger partial charge >= 0.3 is 0 Å². The average molecular weight is 479 g/mol. The first kappa shape index (κ1) is 22.4. The lowest BCUT2D eigenvalue weighted by Crippen LogP contribution is -2.14. The van der Waals surface area contributed by atoms with E-state index in [0.717, 1.165) is 42.6 Å². The molecule has 3 aromatic rings. The lowest BCUT2D eigenvalue weighted by atomic mass is 10.1. The summed E-state index contributed by atoms with van der Waals surface area (Å²) in [5.74, 6) is -1.03. The van der Waals surface area contributed by atoms with Crippen LogP contribution in [0.2, 0.25) is 0 Å². The maximum atomic E-state index is 12.7. The van der Waals surface area contributed by atoms with Gasteiger partial charge in [0.15, 0.2) is 5.13 Å². The Morgan fingerprint density at radius 1 is 0.906 bits per heavy atom. The number of nitro benzene ring substituents is 3. The number of nitrogens with one attached hydrogen (secondary N) is 1. The number of non-ortho nitro benzene ring substituents is 2. The van der Waals surface area contributed by atoms with E-state index in [2.05, 4.69) is 10.3 Å². The predicted molar refractivity (Wildman–Crippen MR) is 108 cm³/mol. The highest BCUT2D eigenvalue weighted by molar-refractivity contribution is 7.93. The molecular weight excluding hydrogens is 470 g/mol. The van der Waals surface area contributed by atoms with Crippen LogP contribution in [0, 0.1) is 30.3 Å². The highest BCUT2D eigenvalue weighted by atomic mass is 32.2. The van der Waals surface area contributed by atoms with Gasteiger partial charge in [-0.15, -0.1) is 0 Å². The maximum Gasteiger partial charge on any atom is 0.289 e. The monoisotopic (exact) mass is 479 g/mol. The van der Waals surface area contributed by atoms with Crippen molar-refractivity contribution in [1.82, 2.24) is 4.98 Å². The van der Waals surface area contributed by atoms with E-state index in [1.54, 1.807) is 0 Å². The van der Waals surface area contributed by atoms with Crippen LogP contribution in [0.1, 0.15) is 10.4 Å². The maximum absolute atomic E-state index is 12.7. The predicted octanol–water partition coefficient (Wildman–Crippen LogP) is 2.95. The number of rotatable bonds is 7. The number of benzene rings is 2. The number of thiazole rings is 1. The Kier molecular flexibility index (Phi) is 5.90. The zero-order valence-electron chi connectivity index (χ0n) is 15.4. The number of carbonyl (C=O) groups excluding carboxylic acids is 1. The summed E-state index contributed by atoms with van der Waals surface area (Å²) in [5.41, 5.74) is -2.19. The van der Waals surface area contributed by atoms with Crippen LogP contribution in [0.25, 0.3) is 0 Å². The second kappa shape index (κ2) is 8.44. The smallest absolute Gasteiger partial charge is 0.289 e. The van der Waals surface area contributed by atoms with Crippen molar-refractivity contribution in [3.05, 3.63) is 84.6 Å². The summed E-state index contributed by atoms with van der Waals surface area (Å²) in [5, 5.41) is 34.7. The SMILES string of the molecule is O=C(Nc1ncc(S(=O)(=O)c2ccc([N+](=O)[O-])cc2)s1)c1ccc([N+](=O)[O-])cc1[N+](=O)[O-]. The van der Waals surface area contributed by atoms with Crippen LogP contribution < -0.4 is 5.32 Å². The summed E-state index contributed by atoms with van der Waals surface area (Å²) < 4.78 is 25.0. The molecular formula is C16H9N5O9S2. The number of anilines is 1. The summed E-state index contributed by atoms with van der Waals surface area (Å²) in [6.45, 7) is 0.